The van der Waals surface area contributed by atoms with E-state index in [2.05, 4.69) is 12.2 Å². The Balaban J connectivity index is 1.80. The molecule has 1 aromatic heterocycles. The number of para-hydroxylation sites is 1. The Morgan fingerprint density at radius 1 is 1.19 bits per heavy atom. The fourth-order valence-corrected chi connectivity index (χ4v) is 3.68. The Bertz CT molecular complexity index is 1120. The lowest BCUT2D eigenvalue weighted by molar-refractivity contribution is 0.102. The average molecular weight is 364 g/mol. The van der Waals surface area contributed by atoms with Gasteiger partial charge in [0, 0.05) is 23.7 Å². The minimum absolute atomic E-state index is 0.110. The number of hydrogen-bond donors (Lipinski definition) is 1. The van der Waals surface area contributed by atoms with Crippen molar-refractivity contribution in [2.24, 2.45) is 0 Å². The van der Waals surface area contributed by atoms with Gasteiger partial charge >= 0.3 is 0 Å². The number of hydrogen-bond acceptors (Lipinski definition) is 4. The second kappa shape index (κ2) is 6.46. The summed E-state index contributed by atoms with van der Waals surface area (Å²) in [6, 6.07) is 11.0. The standard InChI is InChI=1S/C21H20N2O4/c1-12-9-13-5-4-6-15-19(13)23(12)11-16(20(15)24)21(25)22-17-10-14(26-2)7-8-18(17)27-3/h4-8,10-12H,9H2,1-3H3,(H,22,25)/t12-/m1/s1. The number of methoxy groups -OCH3 is 2. The number of aromatic nitrogens is 1. The summed E-state index contributed by atoms with van der Waals surface area (Å²) < 4.78 is 12.5. The number of nitrogens with zero attached hydrogens (tertiary/aromatic N) is 1. The van der Waals surface area contributed by atoms with Crippen molar-refractivity contribution in [3.63, 3.8) is 0 Å². The summed E-state index contributed by atoms with van der Waals surface area (Å²) in [6.07, 6.45) is 2.51. The summed E-state index contributed by atoms with van der Waals surface area (Å²) in [4.78, 5) is 25.9. The third-order valence-electron chi connectivity index (χ3n) is 5.02. The average Bonchev–Trinajstić information content (AvgIpc) is 3.00. The van der Waals surface area contributed by atoms with Crippen LogP contribution in [0.1, 0.15) is 28.9 Å². The minimum atomic E-state index is -0.471. The fraction of sp³-hybridized carbons (Fsp3) is 0.238. The predicted molar refractivity (Wildman–Crippen MR) is 104 cm³/mol. The molecule has 4 rings (SSSR count). The fourth-order valence-electron chi connectivity index (χ4n) is 3.68. The van der Waals surface area contributed by atoms with Crippen molar-refractivity contribution < 1.29 is 14.3 Å². The van der Waals surface area contributed by atoms with Crippen LogP contribution in [-0.2, 0) is 6.42 Å². The molecule has 0 radical (unpaired) electrons. The molecule has 0 fully saturated rings. The molecule has 6 heteroatoms. The van der Waals surface area contributed by atoms with Gasteiger partial charge < -0.3 is 19.4 Å². The van der Waals surface area contributed by atoms with Crippen LogP contribution in [0.2, 0.25) is 0 Å². The number of nitrogens with one attached hydrogen (secondary N) is 1. The molecule has 0 spiro atoms. The van der Waals surface area contributed by atoms with Crippen molar-refractivity contribution in [3.05, 3.63) is 63.9 Å². The van der Waals surface area contributed by atoms with E-state index < -0.39 is 5.91 Å². The molecular weight excluding hydrogens is 344 g/mol. The van der Waals surface area contributed by atoms with Crippen LogP contribution in [-0.4, -0.2) is 24.7 Å². The first kappa shape index (κ1) is 17.1. The third-order valence-corrected chi connectivity index (χ3v) is 5.02. The molecule has 1 aliphatic rings. The van der Waals surface area contributed by atoms with Crippen LogP contribution in [0.4, 0.5) is 5.69 Å². The Morgan fingerprint density at radius 2 is 2.00 bits per heavy atom. The van der Waals surface area contributed by atoms with Crippen molar-refractivity contribution >= 4 is 22.5 Å². The Labute approximate surface area is 156 Å². The number of rotatable bonds is 4. The predicted octanol–water partition coefficient (Wildman–Crippen LogP) is 3.39. The van der Waals surface area contributed by atoms with Gasteiger partial charge in [-0.2, -0.15) is 0 Å². The van der Waals surface area contributed by atoms with Gasteiger partial charge in [0.2, 0.25) is 5.43 Å². The molecule has 0 saturated heterocycles. The SMILES string of the molecule is COc1ccc(OC)c(NC(=O)c2cn3c4c(cccc4c2=O)C[C@H]3C)c1. The van der Waals surface area contributed by atoms with Crippen molar-refractivity contribution in [3.8, 4) is 11.5 Å². The molecule has 6 nitrogen and oxygen atoms in total. The van der Waals surface area contributed by atoms with E-state index in [1.54, 1.807) is 37.6 Å². The van der Waals surface area contributed by atoms with Crippen molar-refractivity contribution in [1.29, 1.82) is 0 Å². The summed E-state index contributed by atoms with van der Waals surface area (Å²) in [7, 11) is 3.07. The number of pyridine rings is 1. The highest BCUT2D eigenvalue weighted by molar-refractivity contribution is 6.06. The van der Waals surface area contributed by atoms with E-state index >= 15 is 0 Å². The number of amides is 1. The molecule has 0 unspecified atom stereocenters. The minimum Gasteiger partial charge on any atom is -0.497 e. The van der Waals surface area contributed by atoms with Crippen molar-refractivity contribution in [1.82, 2.24) is 4.57 Å². The third kappa shape index (κ3) is 2.73. The quantitative estimate of drug-likeness (QED) is 0.770. The summed E-state index contributed by atoms with van der Waals surface area (Å²) in [5.74, 6) is 0.602. The summed E-state index contributed by atoms with van der Waals surface area (Å²) in [5, 5.41) is 3.36. The first-order valence-corrected chi connectivity index (χ1v) is 8.73. The Kier molecular flexibility index (Phi) is 4.11. The lowest BCUT2D eigenvalue weighted by Crippen LogP contribution is -2.24. The van der Waals surface area contributed by atoms with Gasteiger partial charge in [-0.3, -0.25) is 9.59 Å². The lowest BCUT2D eigenvalue weighted by Gasteiger charge is -2.14. The molecular formula is C21H20N2O4. The molecule has 1 aliphatic heterocycles. The second-order valence-corrected chi connectivity index (χ2v) is 6.67. The largest absolute Gasteiger partial charge is 0.497 e. The van der Waals surface area contributed by atoms with Crippen LogP contribution in [0.25, 0.3) is 10.9 Å². The van der Waals surface area contributed by atoms with Crippen LogP contribution in [0.5, 0.6) is 11.5 Å². The van der Waals surface area contributed by atoms with Gasteiger partial charge in [0.05, 0.1) is 25.4 Å². The number of carbonyl (C=O) groups is 1. The highest BCUT2D eigenvalue weighted by Gasteiger charge is 2.24. The summed E-state index contributed by atoms with van der Waals surface area (Å²) in [6.45, 7) is 2.08. The smallest absolute Gasteiger partial charge is 0.261 e. The van der Waals surface area contributed by atoms with E-state index in [0.29, 0.717) is 22.6 Å². The van der Waals surface area contributed by atoms with Crippen LogP contribution in [0.15, 0.2) is 47.4 Å². The van der Waals surface area contributed by atoms with Gasteiger partial charge in [-0.25, -0.2) is 0 Å². The van der Waals surface area contributed by atoms with Gasteiger partial charge in [0.25, 0.3) is 5.91 Å². The highest BCUT2D eigenvalue weighted by atomic mass is 16.5. The van der Waals surface area contributed by atoms with E-state index in [4.69, 9.17) is 9.47 Å². The topological polar surface area (TPSA) is 69.6 Å². The normalized spacial score (nSPS) is 15.0. The monoisotopic (exact) mass is 364 g/mol. The number of ether oxygens (including phenoxy) is 2. The van der Waals surface area contributed by atoms with Gasteiger partial charge in [-0.05, 0) is 37.1 Å². The molecule has 0 aliphatic carbocycles. The van der Waals surface area contributed by atoms with Gasteiger partial charge in [-0.15, -0.1) is 0 Å². The first-order chi connectivity index (χ1) is 13.0. The molecule has 138 valence electrons. The lowest BCUT2D eigenvalue weighted by atomic mass is 10.1. The molecule has 3 aromatic rings. The maximum absolute atomic E-state index is 12.9. The van der Waals surface area contributed by atoms with Crippen LogP contribution >= 0.6 is 0 Å². The zero-order chi connectivity index (χ0) is 19.1. The van der Waals surface area contributed by atoms with E-state index in [1.807, 2.05) is 16.7 Å². The number of carbonyl (C=O) groups excluding carboxylic acids is 1. The van der Waals surface area contributed by atoms with Crippen molar-refractivity contribution in [2.75, 3.05) is 19.5 Å². The van der Waals surface area contributed by atoms with E-state index in [0.717, 1.165) is 17.5 Å². The van der Waals surface area contributed by atoms with Crippen LogP contribution < -0.4 is 20.2 Å². The van der Waals surface area contributed by atoms with Gasteiger partial charge in [0.1, 0.15) is 17.1 Å². The molecule has 1 atom stereocenters. The summed E-state index contributed by atoms with van der Waals surface area (Å²) in [5.41, 5.74) is 2.35. The van der Waals surface area contributed by atoms with Crippen LogP contribution in [0, 0.1) is 0 Å². The molecule has 2 aromatic carbocycles. The molecule has 0 bridgehead atoms. The molecule has 2 heterocycles. The maximum Gasteiger partial charge on any atom is 0.261 e. The zero-order valence-corrected chi connectivity index (χ0v) is 15.4. The van der Waals surface area contributed by atoms with E-state index in [1.165, 1.54) is 7.11 Å². The van der Waals surface area contributed by atoms with Crippen LogP contribution in [0.3, 0.4) is 0 Å². The molecule has 0 saturated carbocycles. The van der Waals surface area contributed by atoms with Gasteiger partial charge in [0.15, 0.2) is 0 Å². The molecule has 1 N–H and O–H groups in total. The first-order valence-electron chi connectivity index (χ1n) is 8.73. The van der Waals surface area contributed by atoms with Crippen molar-refractivity contribution in [2.45, 2.75) is 19.4 Å². The Morgan fingerprint density at radius 3 is 2.74 bits per heavy atom. The second-order valence-electron chi connectivity index (χ2n) is 6.67. The number of benzene rings is 2. The summed E-state index contributed by atoms with van der Waals surface area (Å²) >= 11 is 0. The number of anilines is 1. The Hall–Kier alpha value is -3.28. The maximum atomic E-state index is 12.9. The van der Waals surface area contributed by atoms with E-state index in [-0.39, 0.29) is 17.0 Å². The molecule has 1 amide bonds. The highest BCUT2D eigenvalue weighted by Crippen LogP contribution is 2.32. The molecule has 27 heavy (non-hydrogen) atoms. The zero-order valence-electron chi connectivity index (χ0n) is 15.4. The van der Waals surface area contributed by atoms with E-state index in [9.17, 15) is 9.59 Å². The van der Waals surface area contributed by atoms with Gasteiger partial charge in [-0.1, -0.05) is 12.1 Å².